The van der Waals surface area contributed by atoms with Crippen molar-refractivity contribution >= 4 is 23.0 Å². The molecule has 0 aromatic heterocycles. The van der Waals surface area contributed by atoms with E-state index in [1.54, 1.807) is 30.3 Å². The second-order valence-electron chi connectivity index (χ2n) is 8.16. The summed E-state index contributed by atoms with van der Waals surface area (Å²) in [7, 11) is 0. The Hall–Kier alpha value is -2.47. The molecule has 0 unspecified atom stereocenters. The first kappa shape index (κ1) is 20.3. The van der Waals surface area contributed by atoms with Gasteiger partial charge < -0.3 is 9.64 Å². The maximum atomic E-state index is 15.1. The molecule has 1 aliphatic rings. The quantitative estimate of drug-likeness (QED) is 0.747. The van der Waals surface area contributed by atoms with Gasteiger partial charge >= 0.3 is 0 Å². The van der Waals surface area contributed by atoms with Crippen LogP contribution in [0.1, 0.15) is 27.2 Å². The van der Waals surface area contributed by atoms with Crippen LogP contribution in [-0.4, -0.2) is 32.2 Å². The molecule has 2 aromatic carbocycles. The van der Waals surface area contributed by atoms with E-state index in [9.17, 15) is 4.79 Å². The minimum Gasteiger partial charge on any atom is -0.378 e. The maximum absolute atomic E-state index is 15.1. The van der Waals surface area contributed by atoms with Crippen molar-refractivity contribution in [1.82, 2.24) is 0 Å². The van der Waals surface area contributed by atoms with Crippen LogP contribution in [0.3, 0.4) is 0 Å². The van der Waals surface area contributed by atoms with E-state index in [1.165, 1.54) is 12.1 Å². The van der Waals surface area contributed by atoms with Gasteiger partial charge in [0, 0.05) is 30.9 Å². The lowest BCUT2D eigenvalue weighted by Gasteiger charge is -2.31. The molecule has 1 aliphatic heterocycles. The summed E-state index contributed by atoms with van der Waals surface area (Å²) in [4.78, 5) is 16.0. The van der Waals surface area contributed by atoms with Crippen LogP contribution in [-0.2, 0) is 9.53 Å². The van der Waals surface area contributed by atoms with E-state index in [-0.39, 0.29) is 23.4 Å². The number of carbonyl (C=O) groups is 1. The van der Waals surface area contributed by atoms with Gasteiger partial charge in [0.1, 0.15) is 5.69 Å². The van der Waals surface area contributed by atoms with E-state index >= 15 is 8.78 Å². The molecule has 0 N–H and O–H groups in total. The first-order valence-electron chi connectivity index (χ1n) is 9.46. The highest BCUT2D eigenvalue weighted by Crippen LogP contribution is 2.35. The molecule has 0 radical (unpaired) electrons. The molecule has 4 nitrogen and oxygen atoms in total. The topological polar surface area (TPSA) is 32.8 Å². The summed E-state index contributed by atoms with van der Waals surface area (Å²) < 4.78 is 35.5. The molecule has 1 saturated heterocycles. The van der Waals surface area contributed by atoms with Crippen LogP contribution < -0.4 is 9.80 Å². The Kier molecular flexibility index (Phi) is 5.98. The average Bonchev–Trinajstić information content (AvgIpc) is 2.64. The minimum atomic E-state index is -0.757. The predicted octanol–water partition coefficient (Wildman–Crippen LogP) is 4.90. The first-order chi connectivity index (χ1) is 13.3. The van der Waals surface area contributed by atoms with Gasteiger partial charge in [-0.1, -0.05) is 39.0 Å². The number of carbonyl (C=O) groups excluding carboxylic acids is 1. The minimum absolute atomic E-state index is 0.159. The number of hydrogen-bond donors (Lipinski definition) is 0. The number of ether oxygens (including phenoxy) is 1. The number of amides is 1. The Morgan fingerprint density at radius 1 is 1.07 bits per heavy atom. The summed E-state index contributed by atoms with van der Waals surface area (Å²) in [6.45, 7) is 7.94. The number of halogens is 2. The van der Waals surface area contributed by atoms with Crippen molar-refractivity contribution in [3.05, 3.63) is 54.1 Å². The molecule has 1 amide bonds. The summed E-state index contributed by atoms with van der Waals surface area (Å²) in [5.41, 5.74) is 0.245. The van der Waals surface area contributed by atoms with E-state index in [0.717, 1.165) is 4.90 Å². The van der Waals surface area contributed by atoms with Crippen LogP contribution in [0.25, 0.3) is 0 Å². The van der Waals surface area contributed by atoms with E-state index in [0.29, 0.717) is 37.7 Å². The largest absolute Gasteiger partial charge is 0.378 e. The number of rotatable bonds is 4. The van der Waals surface area contributed by atoms with Crippen molar-refractivity contribution < 1.29 is 18.3 Å². The zero-order valence-electron chi connectivity index (χ0n) is 16.5. The van der Waals surface area contributed by atoms with Gasteiger partial charge in [-0.05, 0) is 29.7 Å². The van der Waals surface area contributed by atoms with Crippen molar-refractivity contribution in [2.45, 2.75) is 27.2 Å². The third kappa shape index (κ3) is 4.68. The molecule has 1 fully saturated rings. The maximum Gasteiger partial charge on any atom is 0.232 e. The standard InChI is InChI=1S/C22H26F2N2O2/c1-22(2,3)15-20(27)26(16-7-5-4-6-8-16)21-18(23)13-17(14-19(21)24)25-9-11-28-12-10-25/h4-8,13-14H,9-12,15H2,1-3H3. The van der Waals surface area contributed by atoms with Gasteiger partial charge in [-0.3, -0.25) is 9.69 Å². The molecule has 0 atom stereocenters. The molecular weight excluding hydrogens is 362 g/mol. The Balaban J connectivity index is 2.03. The number of hydrogen-bond acceptors (Lipinski definition) is 3. The van der Waals surface area contributed by atoms with Gasteiger partial charge in [-0.2, -0.15) is 0 Å². The Labute approximate surface area is 164 Å². The van der Waals surface area contributed by atoms with Crippen molar-refractivity contribution in [1.29, 1.82) is 0 Å². The number of para-hydroxylation sites is 1. The molecule has 28 heavy (non-hydrogen) atoms. The van der Waals surface area contributed by atoms with Gasteiger partial charge in [-0.25, -0.2) is 8.78 Å². The van der Waals surface area contributed by atoms with Gasteiger partial charge in [0.05, 0.1) is 13.2 Å². The van der Waals surface area contributed by atoms with Gasteiger partial charge in [0.2, 0.25) is 5.91 Å². The molecule has 0 aliphatic carbocycles. The molecule has 3 rings (SSSR count). The smallest absolute Gasteiger partial charge is 0.232 e. The average molecular weight is 388 g/mol. The van der Waals surface area contributed by atoms with Crippen molar-refractivity contribution in [3.63, 3.8) is 0 Å². The van der Waals surface area contributed by atoms with E-state index < -0.39 is 11.6 Å². The van der Waals surface area contributed by atoms with Crippen LogP contribution in [0.4, 0.5) is 25.8 Å². The fourth-order valence-electron chi connectivity index (χ4n) is 3.28. The molecule has 0 spiro atoms. The molecular formula is C22H26F2N2O2. The lowest BCUT2D eigenvalue weighted by molar-refractivity contribution is -0.119. The summed E-state index contributed by atoms with van der Waals surface area (Å²) in [5.74, 6) is -1.86. The third-order valence-corrected chi connectivity index (χ3v) is 4.55. The molecule has 6 heteroatoms. The van der Waals surface area contributed by atoms with Crippen LogP contribution in [0.2, 0.25) is 0 Å². The van der Waals surface area contributed by atoms with E-state index in [2.05, 4.69) is 0 Å². The fraction of sp³-hybridized carbons (Fsp3) is 0.409. The fourth-order valence-corrected chi connectivity index (χ4v) is 3.28. The zero-order valence-corrected chi connectivity index (χ0v) is 16.5. The molecule has 2 aromatic rings. The van der Waals surface area contributed by atoms with Crippen LogP contribution >= 0.6 is 0 Å². The van der Waals surface area contributed by atoms with Gasteiger partial charge in [0.15, 0.2) is 11.6 Å². The molecule has 150 valence electrons. The second kappa shape index (κ2) is 8.27. The zero-order chi connectivity index (χ0) is 20.3. The Bertz CT molecular complexity index is 805. The lowest BCUT2D eigenvalue weighted by atomic mass is 9.91. The normalized spacial score (nSPS) is 14.8. The highest BCUT2D eigenvalue weighted by atomic mass is 19.1. The summed E-state index contributed by atoms with van der Waals surface area (Å²) >= 11 is 0. The van der Waals surface area contributed by atoms with Gasteiger partial charge in [0.25, 0.3) is 0 Å². The number of morpholine rings is 1. The Morgan fingerprint density at radius 2 is 1.64 bits per heavy atom. The second-order valence-corrected chi connectivity index (χ2v) is 8.16. The first-order valence-corrected chi connectivity index (χ1v) is 9.46. The lowest BCUT2D eigenvalue weighted by Crippen LogP contribution is -2.36. The number of anilines is 3. The summed E-state index contributed by atoms with van der Waals surface area (Å²) in [6.07, 6.45) is 0.159. The monoisotopic (exact) mass is 388 g/mol. The highest BCUT2D eigenvalue weighted by molar-refractivity contribution is 6.01. The SMILES string of the molecule is CC(C)(C)CC(=O)N(c1ccccc1)c1c(F)cc(N2CCOCC2)cc1F. The number of nitrogens with zero attached hydrogens (tertiary/aromatic N) is 2. The molecule has 1 heterocycles. The van der Waals surface area contributed by atoms with Crippen molar-refractivity contribution in [2.24, 2.45) is 5.41 Å². The van der Waals surface area contributed by atoms with Crippen molar-refractivity contribution in [2.75, 3.05) is 36.1 Å². The van der Waals surface area contributed by atoms with E-state index in [1.807, 2.05) is 25.7 Å². The molecule has 0 saturated carbocycles. The van der Waals surface area contributed by atoms with Crippen LogP contribution in [0.15, 0.2) is 42.5 Å². The van der Waals surface area contributed by atoms with E-state index in [4.69, 9.17) is 4.74 Å². The Morgan fingerprint density at radius 3 is 2.18 bits per heavy atom. The van der Waals surface area contributed by atoms with Crippen LogP contribution in [0.5, 0.6) is 0 Å². The highest BCUT2D eigenvalue weighted by Gasteiger charge is 2.29. The summed E-state index contributed by atoms with van der Waals surface area (Å²) in [6, 6.07) is 11.2. The van der Waals surface area contributed by atoms with Gasteiger partial charge in [-0.15, -0.1) is 0 Å². The molecule has 0 bridgehead atoms. The summed E-state index contributed by atoms with van der Waals surface area (Å²) in [5, 5.41) is 0. The third-order valence-electron chi connectivity index (χ3n) is 4.55. The van der Waals surface area contributed by atoms with Crippen LogP contribution in [0, 0.1) is 17.0 Å². The van der Waals surface area contributed by atoms with Crippen molar-refractivity contribution in [3.8, 4) is 0 Å². The number of benzene rings is 2. The predicted molar refractivity (Wildman–Crippen MR) is 107 cm³/mol.